The van der Waals surface area contributed by atoms with Gasteiger partial charge in [0, 0.05) is 24.2 Å². The Balaban J connectivity index is 0.00000162. The lowest BCUT2D eigenvalue weighted by Gasteiger charge is -2.37. The molecular formula is C13H19ClN2O2. The molecule has 1 aliphatic heterocycles. The minimum Gasteiger partial charge on any atom is -1.00 e. The quantitative estimate of drug-likeness (QED) is 0.568. The molecule has 2 heterocycles. The minimum atomic E-state index is 0. The summed E-state index contributed by atoms with van der Waals surface area (Å²) in [5, 5.41) is 0. The van der Waals surface area contributed by atoms with Gasteiger partial charge < -0.3 is 17.1 Å². The van der Waals surface area contributed by atoms with Crippen molar-refractivity contribution in [1.29, 1.82) is 0 Å². The van der Waals surface area contributed by atoms with Crippen LogP contribution in [0.1, 0.15) is 18.6 Å². The van der Waals surface area contributed by atoms with Gasteiger partial charge >= 0.3 is 5.91 Å². The molecule has 100 valence electrons. The monoisotopic (exact) mass is 270 g/mol. The average molecular weight is 271 g/mol. The summed E-state index contributed by atoms with van der Waals surface area (Å²) in [6.07, 6.45) is 3.58. The van der Waals surface area contributed by atoms with Crippen molar-refractivity contribution in [2.75, 3.05) is 19.8 Å². The molecule has 0 amide bonds. The zero-order valence-corrected chi connectivity index (χ0v) is 11.5. The van der Waals surface area contributed by atoms with Gasteiger partial charge in [0.05, 0.1) is 13.2 Å². The summed E-state index contributed by atoms with van der Waals surface area (Å²) >= 11 is 0. The number of carbonyl (C=O) groups excluding carboxylic acids is 1. The number of morpholine rings is 1. The first-order chi connectivity index (χ1) is 8.18. The molecule has 1 aliphatic rings. The summed E-state index contributed by atoms with van der Waals surface area (Å²) < 4.78 is 7.09. The molecule has 18 heavy (non-hydrogen) atoms. The molecule has 1 fully saturated rings. The molecule has 1 aromatic rings. The zero-order chi connectivity index (χ0) is 12.3. The van der Waals surface area contributed by atoms with Crippen LogP contribution in [0.25, 0.3) is 0 Å². The van der Waals surface area contributed by atoms with E-state index < -0.39 is 0 Å². The second-order valence-electron chi connectivity index (χ2n) is 4.58. The van der Waals surface area contributed by atoms with E-state index in [0.717, 1.165) is 0 Å². The summed E-state index contributed by atoms with van der Waals surface area (Å²) in [7, 11) is 0. The molecule has 0 radical (unpaired) electrons. The Labute approximate surface area is 114 Å². The van der Waals surface area contributed by atoms with E-state index in [2.05, 4.69) is 18.7 Å². The van der Waals surface area contributed by atoms with Gasteiger partial charge in [0.1, 0.15) is 6.54 Å². The Bertz CT molecular complexity index is 376. The van der Waals surface area contributed by atoms with Gasteiger partial charge in [-0.1, -0.05) is 6.07 Å². The fourth-order valence-corrected chi connectivity index (χ4v) is 2.15. The van der Waals surface area contributed by atoms with Gasteiger partial charge in [-0.05, 0) is 13.8 Å². The fraction of sp³-hybridized carbons (Fsp3) is 0.538. The van der Waals surface area contributed by atoms with Gasteiger partial charge in [-0.3, -0.25) is 4.90 Å². The lowest BCUT2D eigenvalue weighted by molar-refractivity contribution is -0.574. The molecule has 0 bridgehead atoms. The van der Waals surface area contributed by atoms with Crippen LogP contribution in [0.2, 0.25) is 0 Å². The van der Waals surface area contributed by atoms with Gasteiger partial charge in [-0.2, -0.15) is 0 Å². The third-order valence-electron chi connectivity index (χ3n) is 3.17. The number of hydrogen-bond acceptors (Lipinski definition) is 3. The number of ether oxygens (including phenoxy) is 1. The van der Waals surface area contributed by atoms with E-state index in [9.17, 15) is 4.79 Å². The zero-order valence-electron chi connectivity index (χ0n) is 10.8. The van der Waals surface area contributed by atoms with Crippen LogP contribution in [0.3, 0.4) is 0 Å². The number of pyridine rings is 1. The molecule has 0 aliphatic carbocycles. The summed E-state index contributed by atoms with van der Waals surface area (Å²) in [5.74, 6) is 0.103. The van der Waals surface area contributed by atoms with Gasteiger partial charge in [-0.15, -0.1) is 4.57 Å². The van der Waals surface area contributed by atoms with Crippen molar-refractivity contribution in [3.05, 3.63) is 30.6 Å². The molecule has 1 saturated heterocycles. The lowest BCUT2D eigenvalue weighted by atomic mass is 10.1. The maximum atomic E-state index is 12.1. The topological polar surface area (TPSA) is 33.4 Å². The summed E-state index contributed by atoms with van der Waals surface area (Å²) in [4.78, 5) is 14.3. The molecular weight excluding hydrogens is 252 g/mol. The first-order valence-corrected chi connectivity index (χ1v) is 6.01. The highest BCUT2D eigenvalue weighted by Crippen LogP contribution is 2.11. The van der Waals surface area contributed by atoms with Crippen LogP contribution in [0, 0.1) is 0 Å². The van der Waals surface area contributed by atoms with E-state index in [4.69, 9.17) is 4.74 Å². The van der Waals surface area contributed by atoms with Crippen molar-refractivity contribution < 1.29 is 26.5 Å². The molecule has 5 heteroatoms. The van der Waals surface area contributed by atoms with E-state index in [0.29, 0.717) is 31.8 Å². The number of halogens is 1. The first kappa shape index (κ1) is 15.1. The summed E-state index contributed by atoms with van der Waals surface area (Å²) in [6.45, 7) is 6.05. The van der Waals surface area contributed by atoms with Crippen molar-refractivity contribution in [1.82, 2.24) is 4.90 Å². The standard InChI is InChI=1S/C13H19N2O2.ClH/c1-11-9-17-10-12(2)15(11)8-13(16)14-6-4-3-5-7-14;/h3-7,11-12H,8-10H2,1-2H3;1H/q+1;/p-1. The number of carbonyl (C=O) groups is 1. The molecule has 1 aromatic heterocycles. The Morgan fingerprint density at radius 2 is 1.78 bits per heavy atom. The van der Waals surface area contributed by atoms with Crippen molar-refractivity contribution in [3.8, 4) is 0 Å². The number of rotatable bonds is 2. The van der Waals surface area contributed by atoms with Gasteiger partial charge in [0.25, 0.3) is 0 Å². The second-order valence-corrected chi connectivity index (χ2v) is 4.58. The van der Waals surface area contributed by atoms with Crippen molar-refractivity contribution >= 4 is 5.91 Å². The van der Waals surface area contributed by atoms with Gasteiger partial charge in [0.15, 0.2) is 12.4 Å². The number of aromatic nitrogens is 1. The summed E-state index contributed by atoms with van der Waals surface area (Å²) in [5.41, 5.74) is 0. The Hall–Kier alpha value is -0.970. The van der Waals surface area contributed by atoms with E-state index >= 15 is 0 Å². The Kier molecular flexibility index (Phi) is 5.72. The van der Waals surface area contributed by atoms with E-state index in [1.165, 1.54) is 0 Å². The third-order valence-corrected chi connectivity index (χ3v) is 3.17. The van der Waals surface area contributed by atoms with Gasteiger partial charge in [0.2, 0.25) is 0 Å². The van der Waals surface area contributed by atoms with Crippen LogP contribution in [0.5, 0.6) is 0 Å². The van der Waals surface area contributed by atoms with Crippen LogP contribution in [-0.2, 0) is 4.74 Å². The predicted octanol–water partition coefficient (Wildman–Crippen LogP) is -2.27. The largest absolute Gasteiger partial charge is 1.00 e. The highest BCUT2D eigenvalue weighted by atomic mass is 35.5. The number of hydrogen-bond donors (Lipinski definition) is 0. The van der Waals surface area contributed by atoms with Crippen molar-refractivity contribution in [3.63, 3.8) is 0 Å². The SMILES string of the molecule is CC1COCC(C)N1CC(=O)[n+]1ccccc1.[Cl-]. The molecule has 0 aromatic carbocycles. The van der Waals surface area contributed by atoms with Crippen molar-refractivity contribution in [2.45, 2.75) is 25.9 Å². The molecule has 4 nitrogen and oxygen atoms in total. The summed E-state index contributed by atoms with van der Waals surface area (Å²) in [6, 6.07) is 6.23. The number of nitrogens with zero attached hydrogens (tertiary/aromatic N) is 2. The highest BCUT2D eigenvalue weighted by Gasteiger charge is 2.29. The molecule has 2 unspecified atom stereocenters. The average Bonchev–Trinajstić information content (AvgIpc) is 2.35. The highest BCUT2D eigenvalue weighted by molar-refractivity contribution is 5.69. The first-order valence-electron chi connectivity index (χ1n) is 6.01. The maximum Gasteiger partial charge on any atom is 0.406 e. The molecule has 2 rings (SSSR count). The molecule has 0 spiro atoms. The molecule has 0 saturated carbocycles. The van der Waals surface area contributed by atoms with Crippen LogP contribution in [-0.4, -0.2) is 42.6 Å². The van der Waals surface area contributed by atoms with Crippen LogP contribution < -0.4 is 17.0 Å². The molecule has 0 N–H and O–H groups in total. The molecule has 2 atom stereocenters. The Morgan fingerprint density at radius 3 is 2.33 bits per heavy atom. The maximum absolute atomic E-state index is 12.1. The van der Waals surface area contributed by atoms with E-state index in [1.807, 2.05) is 18.2 Å². The second kappa shape index (κ2) is 6.83. The van der Waals surface area contributed by atoms with Crippen molar-refractivity contribution in [2.24, 2.45) is 0 Å². The normalized spacial score (nSPS) is 24.3. The van der Waals surface area contributed by atoms with Crippen LogP contribution >= 0.6 is 0 Å². The lowest BCUT2D eigenvalue weighted by Crippen LogP contribution is -3.00. The minimum absolute atomic E-state index is 0. The third kappa shape index (κ3) is 3.51. The predicted molar refractivity (Wildman–Crippen MR) is 63.7 cm³/mol. The smallest absolute Gasteiger partial charge is 0.406 e. The van der Waals surface area contributed by atoms with Crippen LogP contribution in [0.4, 0.5) is 0 Å². The van der Waals surface area contributed by atoms with Gasteiger partial charge in [-0.25, -0.2) is 4.79 Å². The van der Waals surface area contributed by atoms with E-state index in [-0.39, 0.29) is 18.3 Å². The van der Waals surface area contributed by atoms with E-state index in [1.54, 1.807) is 17.0 Å². The fourth-order valence-electron chi connectivity index (χ4n) is 2.15. The Morgan fingerprint density at radius 1 is 1.22 bits per heavy atom. The van der Waals surface area contributed by atoms with Crippen LogP contribution in [0.15, 0.2) is 30.6 Å².